The lowest BCUT2D eigenvalue weighted by molar-refractivity contribution is -0.161. The summed E-state index contributed by atoms with van der Waals surface area (Å²) in [6.07, 6.45) is 70.8. The Morgan fingerprint density at radius 3 is 0.654 bits per heavy atom. The first-order valence-electron chi connectivity index (χ1n) is 44.1. The van der Waals surface area contributed by atoms with E-state index in [1.165, 1.54) is 283 Å². The molecule has 0 saturated carbocycles. The fourth-order valence-corrected chi connectivity index (χ4v) is 14.9. The molecule has 0 radical (unpaired) electrons. The van der Waals surface area contributed by atoms with Crippen molar-refractivity contribution in [1.82, 2.24) is 0 Å². The highest BCUT2D eigenvalue weighted by Crippen LogP contribution is 2.45. The molecule has 0 fully saturated rings. The number of hydrogen-bond donors (Lipinski definition) is 3. The molecular weight excluding hydrogens is 1350 g/mol. The highest BCUT2D eigenvalue weighted by atomic mass is 31.2. The smallest absolute Gasteiger partial charge is 0.462 e. The van der Waals surface area contributed by atoms with Gasteiger partial charge in [0.15, 0.2) is 12.2 Å². The summed E-state index contributed by atoms with van der Waals surface area (Å²) < 4.78 is 68.8. The lowest BCUT2D eigenvalue weighted by atomic mass is 10.0. The van der Waals surface area contributed by atoms with Crippen LogP contribution in [0.4, 0.5) is 0 Å². The third-order valence-corrected chi connectivity index (χ3v) is 21.9. The summed E-state index contributed by atoms with van der Waals surface area (Å²) in [5.74, 6) is -1.29. The Morgan fingerprint density at radius 2 is 0.442 bits per heavy atom. The van der Waals surface area contributed by atoms with E-state index < -0.39 is 97.5 Å². The summed E-state index contributed by atoms with van der Waals surface area (Å²) >= 11 is 0. The fourth-order valence-electron chi connectivity index (χ4n) is 13.3. The van der Waals surface area contributed by atoms with Crippen LogP contribution in [0.15, 0.2) is 0 Å². The van der Waals surface area contributed by atoms with Gasteiger partial charge in [0, 0.05) is 25.7 Å². The van der Waals surface area contributed by atoms with Crippen molar-refractivity contribution in [2.45, 2.75) is 477 Å². The fraction of sp³-hybridized carbons (Fsp3) is 0.953. The van der Waals surface area contributed by atoms with Crippen molar-refractivity contribution in [3.05, 3.63) is 0 Å². The van der Waals surface area contributed by atoms with E-state index >= 15 is 0 Å². The minimum atomic E-state index is -4.96. The molecule has 0 aromatic heterocycles. The summed E-state index contributed by atoms with van der Waals surface area (Å²) in [5, 5.41) is 10.7. The van der Waals surface area contributed by atoms with E-state index in [4.69, 9.17) is 37.0 Å². The van der Waals surface area contributed by atoms with Gasteiger partial charge >= 0.3 is 39.5 Å². The molecule has 0 rings (SSSR count). The van der Waals surface area contributed by atoms with Gasteiger partial charge in [0.25, 0.3) is 0 Å². The van der Waals surface area contributed by atoms with Crippen LogP contribution in [0.2, 0.25) is 0 Å². The Balaban J connectivity index is 5.22. The lowest BCUT2D eigenvalue weighted by Gasteiger charge is -2.21. The molecule has 0 aliphatic heterocycles. The molecule has 0 saturated heterocycles. The molecule has 104 heavy (non-hydrogen) atoms. The number of ether oxygens (including phenoxy) is 4. The maximum Gasteiger partial charge on any atom is 0.472 e. The van der Waals surface area contributed by atoms with Crippen molar-refractivity contribution in [2.24, 2.45) is 5.92 Å². The molecule has 0 bridgehead atoms. The monoisotopic (exact) mass is 1520 g/mol. The Bertz CT molecular complexity index is 1980. The quantitative estimate of drug-likeness (QED) is 0.0222. The first-order chi connectivity index (χ1) is 50.5. The average molecular weight is 1520 g/mol. The number of hydrogen-bond acceptors (Lipinski definition) is 15. The SMILES string of the molecule is CCCCCCCCCCCCCCCCCCCCCCCC(=O)O[C@H](COC(=O)CCCCCCCCCCCCCCCCCC(C)C)COP(=O)(O)OC[C@@H](O)COP(=O)(O)OC[C@@H](COC(=O)CCCCCCCCCCCC)OC(=O)CCCCCCCCCCCCCCCCC. The van der Waals surface area contributed by atoms with Gasteiger partial charge in [-0.3, -0.25) is 37.3 Å². The lowest BCUT2D eigenvalue weighted by Crippen LogP contribution is -2.30. The molecule has 0 spiro atoms. The number of unbranched alkanes of at least 4 members (excludes halogenated alkanes) is 57. The van der Waals surface area contributed by atoms with Crippen LogP contribution in [0.5, 0.6) is 0 Å². The van der Waals surface area contributed by atoms with Crippen molar-refractivity contribution in [3.8, 4) is 0 Å². The first-order valence-corrected chi connectivity index (χ1v) is 47.1. The van der Waals surface area contributed by atoms with Crippen molar-refractivity contribution >= 4 is 39.5 Å². The van der Waals surface area contributed by atoms with Crippen LogP contribution in [0.1, 0.15) is 458 Å². The minimum absolute atomic E-state index is 0.109. The summed E-state index contributed by atoms with van der Waals surface area (Å²) in [7, 11) is -9.92. The highest BCUT2D eigenvalue weighted by Gasteiger charge is 2.30. The zero-order valence-electron chi connectivity index (χ0n) is 68.2. The van der Waals surface area contributed by atoms with E-state index in [1.54, 1.807) is 0 Å². The molecule has 618 valence electrons. The van der Waals surface area contributed by atoms with Gasteiger partial charge in [-0.05, 0) is 31.6 Å². The van der Waals surface area contributed by atoms with E-state index in [1.807, 2.05) is 0 Å². The summed E-state index contributed by atoms with van der Waals surface area (Å²) in [4.78, 5) is 73.2. The topological polar surface area (TPSA) is 237 Å². The van der Waals surface area contributed by atoms with Crippen LogP contribution in [0.25, 0.3) is 0 Å². The molecule has 0 aromatic carbocycles. The Hall–Kier alpha value is -1.94. The van der Waals surface area contributed by atoms with Crippen molar-refractivity contribution in [3.63, 3.8) is 0 Å². The zero-order chi connectivity index (χ0) is 76.2. The average Bonchev–Trinajstić information content (AvgIpc) is 0.904. The van der Waals surface area contributed by atoms with E-state index in [2.05, 4.69) is 34.6 Å². The number of esters is 4. The Labute approximate surface area is 638 Å². The predicted molar refractivity (Wildman–Crippen MR) is 428 cm³/mol. The number of phosphoric acid groups is 2. The van der Waals surface area contributed by atoms with Crippen LogP contribution < -0.4 is 0 Å². The summed E-state index contributed by atoms with van der Waals surface area (Å²) in [6, 6.07) is 0. The Kier molecular flexibility index (Phi) is 76.3. The van der Waals surface area contributed by atoms with Gasteiger partial charge in [-0.25, -0.2) is 9.13 Å². The van der Waals surface area contributed by atoms with E-state index in [-0.39, 0.29) is 25.7 Å². The standard InChI is InChI=1S/C85H166O17P2/c1-6-9-12-15-18-21-24-26-28-29-30-31-32-33-37-42-46-51-56-61-66-71-85(90)102-81(75-96-83(88)69-64-59-54-49-44-40-38-34-36-39-43-47-52-57-62-67-78(4)5)77-100-104(93,94)98-73-79(86)72-97-103(91,92)99-76-80(74-95-82(87)68-63-58-53-48-23-20-17-14-11-8-3)101-84(89)70-65-60-55-50-45-41-35-27-25-22-19-16-13-10-7-2/h78-81,86H,6-77H2,1-5H3,(H,91,92)(H,93,94)/t79-,80+,81+/m0/s1. The number of aliphatic hydroxyl groups excluding tert-OH is 1. The maximum absolute atomic E-state index is 13.1. The van der Waals surface area contributed by atoms with E-state index in [0.29, 0.717) is 25.7 Å². The van der Waals surface area contributed by atoms with Gasteiger partial charge in [-0.1, -0.05) is 407 Å². The number of carbonyl (C=O) groups is 4. The molecule has 0 amide bonds. The van der Waals surface area contributed by atoms with Gasteiger partial charge in [-0.15, -0.1) is 0 Å². The maximum atomic E-state index is 13.1. The van der Waals surface area contributed by atoms with Crippen LogP contribution in [0.3, 0.4) is 0 Å². The molecule has 19 heteroatoms. The summed E-state index contributed by atoms with van der Waals surface area (Å²) in [5.41, 5.74) is 0. The molecule has 0 aliphatic rings. The molecule has 0 heterocycles. The van der Waals surface area contributed by atoms with E-state index in [9.17, 15) is 43.2 Å². The molecule has 3 N–H and O–H groups in total. The molecule has 0 aromatic rings. The second kappa shape index (κ2) is 77.8. The van der Waals surface area contributed by atoms with Crippen LogP contribution in [-0.4, -0.2) is 96.7 Å². The number of carbonyl (C=O) groups excluding carboxylic acids is 4. The van der Waals surface area contributed by atoms with Gasteiger partial charge in [0.05, 0.1) is 26.4 Å². The van der Waals surface area contributed by atoms with Gasteiger partial charge in [0.1, 0.15) is 19.3 Å². The summed E-state index contributed by atoms with van der Waals surface area (Å²) in [6.45, 7) is 7.38. The molecular formula is C85H166O17P2. The molecule has 5 atom stereocenters. The number of aliphatic hydroxyl groups is 1. The van der Waals surface area contributed by atoms with Gasteiger partial charge in [0.2, 0.25) is 0 Å². The second-order valence-electron chi connectivity index (χ2n) is 31.1. The van der Waals surface area contributed by atoms with Gasteiger partial charge < -0.3 is 33.8 Å². The van der Waals surface area contributed by atoms with Crippen molar-refractivity contribution < 1.29 is 80.2 Å². The number of rotatable bonds is 85. The van der Waals surface area contributed by atoms with Crippen molar-refractivity contribution in [2.75, 3.05) is 39.6 Å². The van der Waals surface area contributed by atoms with Crippen LogP contribution >= 0.6 is 15.6 Å². The third kappa shape index (κ3) is 78.2. The molecule has 2 unspecified atom stereocenters. The second-order valence-corrected chi connectivity index (χ2v) is 34.0. The number of phosphoric ester groups is 2. The Morgan fingerprint density at radius 1 is 0.260 bits per heavy atom. The van der Waals surface area contributed by atoms with Crippen LogP contribution in [0, 0.1) is 5.92 Å². The van der Waals surface area contributed by atoms with E-state index in [0.717, 1.165) is 95.8 Å². The predicted octanol–water partition coefficient (Wildman–Crippen LogP) is 26.0. The highest BCUT2D eigenvalue weighted by molar-refractivity contribution is 7.47. The third-order valence-electron chi connectivity index (χ3n) is 20.0. The molecule has 17 nitrogen and oxygen atoms in total. The first kappa shape index (κ1) is 102. The minimum Gasteiger partial charge on any atom is -0.462 e. The normalized spacial score (nSPS) is 13.8. The zero-order valence-corrected chi connectivity index (χ0v) is 70.0. The van der Waals surface area contributed by atoms with Gasteiger partial charge in [-0.2, -0.15) is 0 Å². The molecule has 0 aliphatic carbocycles. The largest absolute Gasteiger partial charge is 0.472 e. The van der Waals surface area contributed by atoms with Crippen molar-refractivity contribution in [1.29, 1.82) is 0 Å². The van der Waals surface area contributed by atoms with Crippen LogP contribution in [-0.2, 0) is 65.4 Å².